The van der Waals surface area contributed by atoms with E-state index >= 15 is 0 Å². The Kier molecular flexibility index (Phi) is 10.1. The average molecular weight is 448 g/mol. The molecule has 1 aliphatic heterocycles. The number of carbonyl (C=O) groups excluding carboxylic acids is 3. The molecule has 1 saturated heterocycles. The standard InChI is InChI=1S/C22H33N5O5/c23-11-5-4-9-16(24)20(30)26-17(13-15-7-2-1-3-8-15)22(32)27-12-6-10-18(27)21(31)25-14-19(28)29/h1-3,7-8,16-18H,4-6,9-14,23-24H2,(H,25,31)(H,26,30)(H,28,29). The van der Waals surface area contributed by atoms with E-state index in [-0.39, 0.29) is 12.3 Å². The minimum Gasteiger partial charge on any atom is -0.480 e. The number of amides is 3. The molecule has 0 bridgehead atoms. The Labute approximate surface area is 187 Å². The lowest BCUT2D eigenvalue weighted by Gasteiger charge is -2.29. The number of nitrogens with two attached hydrogens (primary N) is 2. The van der Waals surface area contributed by atoms with Gasteiger partial charge in [-0.1, -0.05) is 36.8 Å². The summed E-state index contributed by atoms with van der Waals surface area (Å²) >= 11 is 0. The second kappa shape index (κ2) is 12.8. The molecule has 7 N–H and O–H groups in total. The molecular weight excluding hydrogens is 414 g/mol. The Morgan fingerprint density at radius 3 is 2.53 bits per heavy atom. The Morgan fingerprint density at radius 2 is 1.88 bits per heavy atom. The maximum Gasteiger partial charge on any atom is 0.322 e. The molecular formula is C22H33N5O5. The summed E-state index contributed by atoms with van der Waals surface area (Å²) in [6.45, 7) is 0.358. The monoisotopic (exact) mass is 447 g/mol. The maximum absolute atomic E-state index is 13.4. The summed E-state index contributed by atoms with van der Waals surface area (Å²) in [7, 11) is 0. The second-order valence-corrected chi connectivity index (χ2v) is 7.94. The number of rotatable bonds is 12. The number of carboxylic acids is 1. The lowest BCUT2D eigenvalue weighted by molar-refractivity contribution is -0.142. The van der Waals surface area contributed by atoms with E-state index in [4.69, 9.17) is 16.6 Å². The fraction of sp³-hybridized carbons (Fsp3) is 0.545. The van der Waals surface area contributed by atoms with Crippen molar-refractivity contribution in [2.24, 2.45) is 11.5 Å². The van der Waals surface area contributed by atoms with Crippen molar-refractivity contribution in [2.75, 3.05) is 19.6 Å². The molecule has 0 spiro atoms. The first-order valence-corrected chi connectivity index (χ1v) is 10.9. The lowest BCUT2D eigenvalue weighted by atomic mass is 10.0. The molecule has 0 aromatic heterocycles. The van der Waals surface area contributed by atoms with Gasteiger partial charge in [-0.25, -0.2) is 0 Å². The smallest absolute Gasteiger partial charge is 0.322 e. The fourth-order valence-electron chi connectivity index (χ4n) is 3.75. The third-order valence-electron chi connectivity index (χ3n) is 5.46. The van der Waals surface area contributed by atoms with Gasteiger partial charge in [-0.05, 0) is 37.8 Å². The molecule has 0 radical (unpaired) electrons. The number of unbranched alkanes of at least 4 members (excludes halogenated alkanes) is 1. The SMILES string of the molecule is NCCCCC(N)C(=O)NC(Cc1ccccc1)C(=O)N1CCCC1C(=O)NCC(=O)O. The number of nitrogens with one attached hydrogen (secondary N) is 2. The Bertz CT molecular complexity index is 788. The summed E-state index contributed by atoms with van der Waals surface area (Å²) in [5.41, 5.74) is 12.3. The average Bonchev–Trinajstić information content (AvgIpc) is 3.27. The van der Waals surface area contributed by atoms with E-state index < -0.39 is 42.5 Å². The first-order chi connectivity index (χ1) is 15.3. The number of benzene rings is 1. The second-order valence-electron chi connectivity index (χ2n) is 7.94. The summed E-state index contributed by atoms with van der Waals surface area (Å²) in [6.07, 6.45) is 3.22. The third kappa shape index (κ3) is 7.61. The van der Waals surface area contributed by atoms with Gasteiger partial charge in [0, 0.05) is 13.0 Å². The van der Waals surface area contributed by atoms with Crippen molar-refractivity contribution in [1.29, 1.82) is 0 Å². The summed E-state index contributed by atoms with van der Waals surface area (Å²) < 4.78 is 0. The van der Waals surface area contributed by atoms with Crippen molar-refractivity contribution in [3.05, 3.63) is 35.9 Å². The number of hydrogen-bond acceptors (Lipinski definition) is 6. The van der Waals surface area contributed by atoms with Gasteiger partial charge in [0.15, 0.2) is 0 Å². The van der Waals surface area contributed by atoms with Crippen LogP contribution in [-0.4, -0.2) is 71.5 Å². The van der Waals surface area contributed by atoms with E-state index in [2.05, 4.69) is 10.6 Å². The number of aliphatic carboxylic acids is 1. The first-order valence-electron chi connectivity index (χ1n) is 10.9. The Morgan fingerprint density at radius 1 is 1.16 bits per heavy atom. The van der Waals surface area contributed by atoms with Crippen LogP contribution >= 0.6 is 0 Å². The highest BCUT2D eigenvalue weighted by Gasteiger charge is 2.38. The summed E-state index contributed by atoms with van der Waals surface area (Å²) in [5, 5.41) is 13.9. The van der Waals surface area contributed by atoms with E-state index in [0.29, 0.717) is 38.8 Å². The molecule has 3 unspecified atom stereocenters. The summed E-state index contributed by atoms with van der Waals surface area (Å²) in [6, 6.07) is 6.83. The normalized spacial score (nSPS) is 17.4. The largest absolute Gasteiger partial charge is 0.480 e. The van der Waals surface area contributed by atoms with Crippen LogP contribution in [0.15, 0.2) is 30.3 Å². The lowest BCUT2D eigenvalue weighted by Crippen LogP contribution is -2.56. The van der Waals surface area contributed by atoms with Gasteiger partial charge in [0.25, 0.3) is 0 Å². The molecule has 1 aliphatic rings. The molecule has 3 atom stereocenters. The molecule has 0 aliphatic carbocycles. The number of hydrogen-bond donors (Lipinski definition) is 5. The molecule has 10 nitrogen and oxygen atoms in total. The van der Waals surface area contributed by atoms with Crippen molar-refractivity contribution in [3.8, 4) is 0 Å². The minimum atomic E-state index is -1.16. The highest BCUT2D eigenvalue weighted by molar-refractivity contribution is 5.94. The molecule has 3 amide bonds. The molecule has 1 fully saturated rings. The van der Waals surface area contributed by atoms with E-state index in [0.717, 1.165) is 12.0 Å². The van der Waals surface area contributed by atoms with Gasteiger partial charge < -0.3 is 32.1 Å². The van der Waals surface area contributed by atoms with Crippen LogP contribution in [0.4, 0.5) is 0 Å². The van der Waals surface area contributed by atoms with Gasteiger partial charge in [-0.2, -0.15) is 0 Å². The predicted molar refractivity (Wildman–Crippen MR) is 118 cm³/mol. The van der Waals surface area contributed by atoms with Crippen molar-refractivity contribution in [2.45, 2.75) is 56.7 Å². The van der Waals surface area contributed by atoms with Gasteiger partial charge in [0.05, 0.1) is 6.04 Å². The van der Waals surface area contributed by atoms with E-state index in [1.807, 2.05) is 30.3 Å². The van der Waals surface area contributed by atoms with Crippen LogP contribution < -0.4 is 22.1 Å². The Balaban J connectivity index is 2.13. The maximum atomic E-state index is 13.4. The minimum absolute atomic E-state index is 0.251. The molecule has 1 heterocycles. The molecule has 1 aromatic carbocycles. The van der Waals surface area contributed by atoms with Crippen LogP contribution in [0.5, 0.6) is 0 Å². The zero-order valence-electron chi connectivity index (χ0n) is 18.2. The molecule has 2 rings (SSSR count). The van der Waals surface area contributed by atoms with Crippen LogP contribution in [-0.2, 0) is 25.6 Å². The highest BCUT2D eigenvalue weighted by Crippen LogP contribution is 2.20. The van der Waals surface area contributed by atoms with Crippen LogP contribution in [0.2, 0.25) is 0 Å². The quantitative estimate of drug-likeness (QED) is 0.266. The van der Waals surface area contributed by atoms with E-state index in [1.165, 1.54) is 4.90 Å². The molecule has 10 heteroatoms. The first kappa shape index (κ1) is 25.3. The van der Waals surface area contributed by atoms with Gasteiger partial charge in [-0.15, -0.1) is 0 Å². The molecule has 0 saturated carbocycles. The van der Waals surface area contributed by atoms with Crippen molar-refractivity contribution in [3.63, 3.8) is 0 Å². The molecule has 1 aromatic rings. The van der Waals surface area contributed by atoms with Crippen LogP contribution in [0.3, 0.4) is 0 Å². The van der Waals surface area contributed by atoms with Crippen LogP contribution in [0.25, 0.3) is 0 Å². The number of likely N-dealkylation sites (tertiary alicyclic amines) is 1. The summed E-state index contributed by atoms with van der Waals surface area (Å²) in [4.78, 5) is 50.7. The van der Waals surface area contributed by atoms with E-state index in [9.17, 15) is 19.2 Å². The van der Waals surface area contributed by atoms with Gasteiger partial charge in [0.2, 0.25) is 17.7 Å². The van der Waals surface area contributed by atoms with Gasteiger partial charge in [-0.3, -0.25) is 19.2 Å². The van der Waals surface area contributed by atoms with E-state index in [1.54, 1.807) is 0 Å². The number of carboxylic acid groups (broad SMARTS) is 1. The van der Waals surface area contributed by atoms with Crippen molar-refractivity contribution in [1.82, 2.24) is 15.5 Å². The van der Waals surface area contributed by atoms with Crippen molar-refractivity contribution < 1.29 is 24.3 Å². The third-order valence-corrected chi connectivity index (χ3v) is 5.46. The number of nitrogens with zero attached hydrogens (tertiary/aromatic N) is 1. The number of carbonyl (C=O) groups is 4. The van der Waals surface area contributed by atoms with Crippen LogP contribution in [0, 0.1) is 0 Å². The fourth-order valence-corrected chi connectivity index (χ4v) is 3.75. The highest BCUT2D eigenvalue weighted by atomic mass is 16.4. The van der Waals surface area contributed by atoms with Gasteiger partial charge >= 0.3 is 5.97 Å². The van der Waals surface area contributed by atoms with Crippen molar-refractivity contribution >= 4 is 23.7 Å². The Hall–Kier alpha value is -2.98. The van der Waals surface area contributed by atoms with Gasteiger partial charge in [0.1, 0.15) is 18.6 Å². The zero-order chi connectivity index (χ0) is 23.5. The summed E-state index contributed by atoms with van der Waals surface area (Å²) in [5.74, 6) is -2.49. The zero-order valence-corrected chi connectivity index (χ0v) is 18.2. The van der Waals surface area contributed by atoms with Crippen LogP contribution in [0.1, 0.15) is 37.7 Å². The topological polar surface area (TPSA) is 168 Å². The molecule has 32 heavy (non-hydrogen) atoms. The molecule has 176 valence electrons. The predicted octanol–water partition coefficient (Wildman–Crippen LogP) is -0.638.